The second-order valence-electron chi connectivity index (χ2n) is 7.89. The fourth-order valence-electron chi connectivity index (χ4n) is 3.51. The average molecular weight is 369 g/mol. The van der Waals surface area contributed by atoms with Gasteiger partial charge in [0, 0.05) is 38.2 Å². The smallest absolute Gasteiger partial charge is 0.223 e. The molecule has 0 aromatic carbocycles. The molecule has 26 heavy (non-hydrogen) atoms. The second kappa shape index (κ2) is 12.2. The van der Waals surface area contributed by atoms with Gasteiger partial charge in [0.15, 0.2) is 5.96 Å². The van der Waals surface area contributed by atoms with Crippen LogP contribution in [0, 0.1) is 11.8 Å². The monoisotopic (exact) mass is 368 g/mol. The molecule has 0 radical (unpaired) electrons. The molecule has 152 valence electrons. The van der Waals surface area contributed by atoms with Gasteiger partial charge in [0.05, 0.1) is 6.10 Å². The molecule has 3 unspecified atom stereocenters. The van der Waals surface area contributed by atoms with Gasteiger partial charge in [-0.15, -0.1) is 0 Å². The first-order chi connectivity index (χ1) is 12.4. The van der Waals surface area contributed by atoms with Crippen molar-refractivity contribution in [1.82, 2.24) is 16.0 Å². The first-order valence-electron chi connectivity index (χ1n) is 10.3. The molecule has 3 N–H and O–H groups in total. The Bertz CT molecular complexity index is 438. The first kappa shape index (κ1) is 22.7. The molecule has 1 fully saturated rings. The zero-order valence-electron chi connectivity index (χ0n) is 17.6. The Labute approximate surface area is 159 Å². The number of hydrogen-bond acceptors (Lipinski definition) is 3. The molecule has 6 heteroatoms. The van der Waals surface area contributed by atoms with Crippen molar-refractivity contribution in [2.45, 2.75) is 84.9 Å². The van der Waals surface area contributed by atoms with Gasteiger partial charge in [0.2, 0.25) is 5.91 Å². The molecule has 6 nitrogen and oxygen atoms in total. The number of hydrogen-bond donors (Lipinski definition) is 3. The van der Waals surface area contributed by atoms with Gasteiger partial charge in [0.1, 0.15) is 0 Å². The van der Waals surface area contributed by atoms with Gasteiger partial charge in [-0.1, -0.05) is 20.3 Å². The molecule has 3 atom stereocenters. The molecule has 1 amide bonds. The summed E-state index contributed by atoms with van der Waals surface area (Å²) in [5, 5.41) is 9.94. The summed E-state index contributed by atoms with van der Waals surface area (Å²) in [6.45, 7) is 12.0. The third kappa shape index (κ3) is 8.39. The molecule has 1 saturated carbocycles. The molecular weight excluding hydrogens is 328 g/mol. The fourth-order valence-corrected chi connectivity index (χ4v) is 3.51. The van der Waals surface area contributed by atoms with Crippen molar-refractivity contribution in [3.8, 4) is 0 Å². The van der Waals surface area contributed by atoms with E-state index < -0.39 is 0 Å². The van der Waals surface area contributed by atoms with E-state index in [1.165, 1.54) is 0 Å². The summed E-state index contributed by atoms with van der Waals surface area (Å²) in [6.07, 6.45) is 5.23. The molecule has 0 spiro atoms. The van der Waals surface area contributed by atoms with Crippen molar-refractivity contribution in [3.63, 3.8) is 0 Å². The predicted octanol–water partition coefficient (Wildman–Crippen LogP) is 2.69. The lowest BCUT2D eigenvalue weighted by molar-refractivity contribution is -0.126. The second-order valence-corrected chi connectivity index (χ2v) is 7.89. The molecule has 1 rings (SSSR count). The fraction of sp³-hybridized carbons (Fsp3) is 0.900. The van der Waals surface area contributed by atoms with Crippen LogP contribution in [0.15, 0.2) is 4.99 Å². The van der Waals surface area contributed by atoms with E-state index in [0.29, 0.717) is 12.0 Å². The summed E-state index contributed by atoms with van der Waals surface area (Å²) in [7, 11) is 1.80. The SMILES string of the molecule is CCOC(CCNC(=NC)NC1CCCC(C(=O)NC(C)C)C1)C(C)C. The van der Waals surface area contributed by atoms with Crippen LogP contribution in [0.25, 0.3) is 0 Å². The van der Waals surface area contributed by atoms with Crippen LogP contribution >= 0.6 is 0 Å². The Morgan fingerprint density at radius 2 is 1.96 bits per heavy atom. The number of nitrogens with one attached hydrogen (secondary N) is 3. The molecule has 1 aliphatic rings. The summed E-state index contributed by atoms with van der Waals surface area (Å²) >= 11 is 0. The highest BCUT2D eigenvalue weighted by atomic mass is 16.5. The van der Waals surface area contributed by atoms with Crippen molar-refractivity contribution in [2.75, 3.05) is 20.2 Å². The lowest BCUT2D eigenvalue weighted by Gasteiger charge is -2.30. The zero-order chi connectivity index (χ0) is 19.5. The van der Waals surface area contributed by atoms with Crippen LogP contribution in [-0.2, 0) is 9.53 Å². The third-order valence-corrected chi connectivity index (χ3v) is 4.89. The van der Waals surface area contributed by atoms with E-state index in [4.69, 9.17) is 4.74 Å². The van der Waals surface area contributed by atoms with Gasteiger partial charge >= 0.3 is 0 Å². The molecule has 0 bridgehead atoms. The lowest BCUT2D eigenvalue weighted by Crippen LogP contribution is -2.48. The first-order valence-corrected chi connectivity index (χ1v) is 10.3. The average Bonchev–Trinajstić information content (AvgIpc) is 2.59. The number of carbonyl (C=O) groups excluding carboxylic acids is 1. The Morgan fingerprint density at radius 3 is 2.54 bits per heavy atom. The third-order valence-electron chi connectivity index (χ3n) is 4.89. The number of ether oxygens (including phenoxy) is 1. The van der Waals surface area contributed by atoms with Gasteiger partial charge < -0.3 is 20.7 Å². The van der Waals surface area contributed by atoms with Crippen molar-refractivity contribution < 1.29 is 9.53 Å². The highest BCUT2D eigenvalue weighted by Crippen LogP contribution is 2.24. The highest BCUT2D eigenvalue weighted by Gasteiger charge is 2.28. The highest BCUT2D eigenvalue weighted by molar-refractivity contribution is 5.81. The number of amides is 1. The van der Waals surface area contributed by atoms with Gasteiger partial charge in [-0.3, -0.25) is 9.79 Å². The van der Waals surface area contributed by atoms with Gasteiger partial charge in [-0.2, -0.15) is 0 Å². The molecule has 1 aliphatic carbocycles. The number of rotatable bonds is 9. The number of carbonyl (C=O) groups is 1. The molecule has 0 aromatic rings. The lowest BCUT2D eigenvalue weighted by atomic mass is 9.85. The summed E-state index contributed by atoms with van der Waals surface area (Å²) in [6, 6.07) is 0.496. The van der Waals surface area contributed by atoms with Crippen molar-refractivity contribution in [2.24, 2.45) is 16.8 Å². The minimum absolute atomic E-state index is 0.102. The molecular formula is C20H40N4O2. The quantitative estimate of drug-likeness (QED) is 0.432. The molecule has 0 heterocycles. The number of nitrogens with zero attached hydrogens (tertiary/aromatic N) is 1. The summed E-state index contributed by atoms with van der Waals surface area (Å²) in [5.74, 6) is 1.61. The Hall–Kier alpha value is -1.30. The van der Waals surface area contributed by atoms with Crippen LogP contribution in [-0.4, -0.2) is 50.3 Å². The van der Waals surface area contributed by atoms with Gasteiger partial charge in [-0.05, 0) is 52.4 Å². The van der Waals surface area contributed by atoms with E-state index in [1.807, 2.05) is 20.8 Å². The summed E-state index contributed by atoms with van der Waals surface area (Å²) < 4.78 is 5.80. The van der Waals surface area contributed by atoms with Crippen LogP contribution in [0.1, 0.15) is 66.7 Å². The predicted molar refractivity (Wildman–Crippen MR) is 108 cm³/mol. The maximum absolute atomic E-state index is 12.3. The Kier molecular flexibility index (Phi) is 10.6. The standard InChI is InChI=1S/C20H40N4O2/c1-7-26-18(14(2)3)11-12-22-20(21-6)24-17-10-8-9-16(13-17)19(25)23-15(4)5/h14-18H,7-13H2,1-6H3,(H,23,25)(H2,21,22,24). The van der Waals surface area contributed by atoms with Crippen LogP contribution in [0.3, 0.4) is 0 Å². The van der Waals surface area contributed by atoms with E-state index >= 15 is 0 Å². The number of aliphatic imine (C=N–C) groups is 1. The Balaban J connectivity index is 2.43. The maximum atomic E-state index is 12.3. The maximum Gasteiger partial charge on any atom is 0.223 e. The van der Waals surface area contributed by atoms with Gasteiger partial charge in [-0.25, -0.2) is 0 Å². The van der Waals surface area contributed by atoms with Crippen LogP contribution in [0.4, 0.5) is 0 Å². The van der Waals surface area contributed by atoms with E-state index in [0.717, 1.165) is 51.2 Å². The minimum atomic E-state index is 0.102. The molecule has 0 saturated heterocycles. The van der Waals surface area contributed by atoms with Crippen LogP contribution in [0.2, 0.25) is 0 Å². The van der Waals surface area contributed by atoms with Crippen molar-refractivity contribution >= 4 is 11.9 Å². The van der Waals surface area contributed by atoms with Crippen molar-refractivity contribution in [3.05, 3.63) is 0 Å². The largest absolute Gasteiger partial charge is 0.378 e. The van der Waals surface area contributed by atoms with Gasteiger partial charge in [0.25, 0.3) is 0 Å². The van der Waals surface area contributed by atoms with E-state index in [1.54, 1.807) is 7.05 Å². The topological polar surface area (TPSA) is 74.8 Å². The van der Waals surface area contributed by atoms with E-state index in [2.05, 4.69) is 34.8 Å². The molecule has 0 aromatic heterocycles. The summed E-state index contributed by atoms with van der Waals surface area (Å²) in [4.78, 5) is 16.6. The Morgan fingerprint density at radius 1 is 1.23 bits per heavy atom. The van der Waals surface area contributed by atoms with Crippen LogP contribution < -0.4 is 16.0 Å². The zero-order valence-corrected chi connectivity index (χ0v) is 17.6. The van der Waals surface area contributed by atoms with E-state index in [9.17, 15) is 4.79 Å². The minimum Gasteiger partial charge on any atom is -0.378 e. The van der Waals surface area contributed by atoms with E-state index in [-0.39, 0.29) is 24.0 Å². The van der Waals surface area contributed by atoms with Crippen molar-refractivity contribution in [1.29, 1.82) is 0 Å². The number of guanidine groups is 1. The van der Waals surface area contributed by atoms with Crippen LogP contribution in [0.5, 0.6) is 0 Å². The summed E-state index contributed by atoms with van der Waals surface area (Å²) in [5.41, 5.74) is 0. The normalized spacial score (nSPS) is 22.4. The molecule has 0 aliphatic heterocycles.